The molecule has 1 aliphatic rings. The van der Waals surface area contributed by atoms with Crippen molar-refractivity contribution in [3.8, 4) is 11.1 Å². The van der Waals surface area contributed by atoms with Gasteiger partial charge in [-0.15, -0.1) is 11.3 Å². The van der Waals surface area contributed by atoms with E-state index in [1.807, 2.05) is 37.3 Å². The number of thiophene rings is 1. The molecule has 0 spiro atoms. The standard InChI is InChI=1S/C20H24N2O3S2/c1-3-24-19(23)17-16(14-8-5-4-6-9-14)13(2)27-18(17)22-20(26)21-12-15-10-7-11-25-15/h4-6,8-9,15H,3,7,10-12H2,1-2H3,(H2,21,22,26). The number of benzene rings is 1. The van der Waals surface area contributed by atoms with Crippen molar-refractivity contribution in [3.63, 3.8) is 0 Å². The number of nitrogens with one attached hydrogen (secondary N) is 2. The average Bonchev–Trinajstić information content (AvgIpc) is 3.28. The highest BCUT2D eigenvalue weighted by Gasteiger charge is 2.25. The van der Waals surface area contributed by atoms with Crippen LogP contribution < -0.4 is 10.6 Å². The molecular weight excluding hydrogens is 380 g/mol. The number of hydrogen-bond donors (Lipinski definition) is 2. The molecule has 2 heterocycles. The number of carbonyl (C=O) groups excluding carboxylic acids is 1. The summed E-state index contributed by atoms with van der Waals surface area (Å²) >= 11 is 6.93. The van der Waals surface area contributed by atoms with Gasteiger partial charge >= 0.3 is 5.97 Å². The third-order valence-corrected chi connectivity index (χ3v) is 5.63. The molecule has 2 N–H and O–H groups in total. The predicted molar refractivity (Wildman–Crippen MR) is 114 cm³/mol. The molecule has 1 atom stereocenters. The van der Waals surface area contributed by atoms with E-state index >= 15 is 0 Å². The quantitative estimate of drug-likeness (QED) is 0.551. The molecule has 1 unspecified atom stereocenters. The van der Waals surface area contributed by atoms with Crippen LogP contribution in [0.1, 0.15) is 35.0 Å². The zero-order chi connectivity index (χ0) is 19.2. The summed E-state index contributed by atoms with van der Waals surface area (Å²) in [4.78, 5) is 13.7. The molecule has 2 aromatic rings. The van der Waals surface area contributed by atoms with Gasteiger partial charge in [-0.25, -0.2) is 4.79 Å². The van der Waals surface area contributed by atoms with Crippen LogP contribution >= 0.6 is 23.6 Å². The van der Waals surface area contributed by atoms with E-state index in [2.05, 4.69) is 10.6 Å². The Hall–Kier alpha value is -1.96. The van der Waals surface area contributed by atoms with Gasteiger partial charge in [0, 0.05) is 23.6 Å². The second-order valence-corrected chi connectivity index (χ2v) is 7.93. The Morgan fingerprint density at radius 2 is 2.15 bits per heavy atom. The number of hydrogen-bond acceptors (Lipinski definition) is 5. The van der Waals surface area contributed by atoms with Gasteiger partial charge < -0.3 is 20.1 Å². The van der Waals surface area contributed by atoms with E-state index in [0.29, 0.717) is 28.8 Å². The van der Waals surface area contributed by atoms with Crippen molar-refractivity contribution in [1.29, 1.82) is 0 Å². The van der Waals surface area contributed by atoms with Crippen LogP contribution in [-0.4, -0.2) is 36.9 Å². The van der Waals surface area contributed by atoms with E-state index in [4.69, 9.17) is 21.7 Å². The topological polar surface area (TPSA) is 59.6 Å². The van der Waals surface area contributed by atoms with Crippen LogP contribution in [-0.2, 0) is 9.47 Å². The predicted octanol–water partition coefficient (Wildman–Crippen LogP) is 4.37. The first kappa shape index (κ1) is 19.8. The molecule has 0 saturated carbocycles. The maximum atomic E-state index is 12.7. The number of anilines is 1. The summed E-state index contributed by atoms with van der Waals surface area (Å²) in [6.45, 7) is 5.60. The number of thiocarbonyl (C=S) groups is 1. The zero-order valence-electron chi connectivity index (χ0n) is 15.5. The Balaban J connectivity index is 1.83. The third kappa shape index (κ3) is 4.86. The second-order valence-electron chi connectivity index (χ2n) is 6.29. The molecule has 7 heteroatoms. The van der Waals surface area contributed by atoms with Crippen molar-refractivity contribution in [2.24, 2.45) is 0 Å². The number of ether oxygens (including phenoxy) is 2. The average molecular weight is 405 g/mol. The maximum Gasteiger partial charge on any atom is 0.341 e. The number of rotatable bonds is 6. The lowest BCUT2D eigenvalue weighted by atomic mass is 10.0. The van der Waals surface area contributed by atoms with E-state index in [1.165, 1.54) is 11.3 Å². The molecule has 0 aliphatic carbocycles. The SMILES string of the molecule is CCOC(=O)c1c(NC(=S)NCC2CCCO2)sc(C)c1-c1ccccc1. The monoisotopic (exact) mass is 404 g/mol. The molecule has 144 valence electrons. The van der Waals surface area contributed by atoms with Gasteiger partial charge in [-0.1, -0.05) is 30.3 Å². The Bertz CT molecular complexity index is 799. The van der Waals surface area contributed by atoms with E-state index < -0.39 is 0 Å². The molecule has 1 aliphatic heterocycles. The minimum Gasteiger partial charge on any atom is -0.462 e. The Kier molecular flexibility index (Phi) is 6.82. The molecule has 27 heavy (non-hydrogen) atoms. The van der Waals surface area contributed by atoms with Gasteiger partial charge in [0.05, 0.1) is 12.7 Å². The van der Waals surface area contributed by atoms with E-state index in [0.717, 1.165) is 35.5 Å². The van der Waals surface area contributed by atoms with Crippen molar-refractivity contribution in [2.45, 2.75) is 32.8 Å². The maximum absolute atomic E-state index is 12.7. The lowest BCUT2D eigenvalue weighted by Crippen LogP contribution is -2.35. The summed E-state index contributed by atoms with van der Waals surface area (Å²) in [6, 6.07) is 9.87. The summed E-state index contributed by atoms with van der Waals surface area (Å²) in [6.07, 6.45) is 2.32. The van der Waals surface area contributed by atoms with E-state index in [9.17, 15) is 4.79 Å². The fourth-order valence-electron chi connectivity index (χ4n) is 3.14. The van der Waals surface area contributed by atoms with Crippen molar-refractivity contribution in [1.82, 2.24) is 5.32 Å². The molecule has 1 fully saturated rings. The van der Waals surface area contributed by atoms with Gasteiger partial charge in [0.15, 0.2) is 5.11 Å². The first-order valence-corrected chi connectivity index (χ1v) is 10.3. The van der Waals surface area contributed by atoms with Gasteiger partial charge in [0.2, 0.25) is 0 Å². The second kappa shape index (κ2) is 9.30. The summed E-state index contributed by atoms with van der Waals surface area (Å²) in [7, 11) is 0. The molecular formula is C20H24N2O3S2. The first-order chi connectivity index (χ1) is 13.1. The van der Waals surface area contributed by atoms with Crippen molar-refractivity contribution >= 4 is 39.6 Å². The Morgan fingerprint density at radius 3 is 2.81 bits per heavy atom. The van der Waals surface area contributed by atoms with Crippen LogP contribution in [0.5, 0.6) is 0 Å². The van der Waals surface area contributed by atoms with Gasteiger partial charge in [-0.3, -0.25) is 0 Å². The smallest absolute Gasteiger partial charge is 0.341 e. The van der Waals surface area contributed by atoms with Crippen LogP contribution in [0.3, 0.4) is 0 Å². The van der Waals surface area contributed by atoms with E-state index in [-0.39, 0.29) is 12.1 Å². The molecule has 1 saturated heterocycles. The van der Waals surface area contributed by atoms with Crippen LogP contribution in [0.15, 0.2) is 30.3 Å². The number of carbonyl (C=O) groups is 1. The minimum absolute atomic E-state index is 0.194. The van der Waals surface area contributed by atoms with Crippen molar-refractivity contribution in [2.75, 3.05) is 25.1 Å². The largest absolute Gasteiger partial charge is 0.462 e. The molecule has 0 radical (unpaired) electrons. The van der Waals surface area contributed by atoms with Gasteiger partial charge in [-0.2, -0.15) is 0 Å². The highest BCUT2D eigenvalue weighted by Crippen LogP contribution is 2.40. The van der Waals surface area contributed by atoms with Crippen LogP contribution in [0.25, 0.3) is 11.1 Å². The first-order valence-electron chi connectivity index (χ1n) is 9.12. The highest BCUT2D eigenvalue weighted by atomic mass is 32.1. The molecule has 1 aromatic heterocycles. The summed E-state index contributed by atoms with van der Waals surface area (Å²) in [5, 5.41) is 7.56. The highest BCUT2D eigenvalue weighted by molar-refractivity contribution is 7.80. The van der Waals surface area contributed by atoms with Crippen molar-refractivity contribution < 1.29 is 14.3 Å². The third-order valence-electron chi connectivity index (χ3n) is 4.37. The molecule has 0 amide bonds. The summed E-state index contributed by atoms with van der Waals surface area (Å²) in [5.74, 6) is -0.342. The van der Waals surface area contributed by atoms with E-state index in [1.54, 1.807) is 6.92 Å². The Morgan fingerprint density at radius 1 is 1.37 bits per heavy atom. The van der Waals surface area contributed by atoms with Gasteiger partial charge in [-0.05, 0) is 44.5 Å². The van der Waals surface area contributed by atoms with Crippen molar-refractivity contribution in [3.05, 3.63) is 40.8 Å². The number of esters is 1. The lowest BCUT2D eigenvalue weighted by molar-refractivity contribution is 0.0529. The van der Waals surface area contributed by atoms with Crippen LogP contribution in [0, 0.1) is 6.92 Å². The summed E-state index contributed by atoms with van der Waals surface area (Å²) < 4.78 is 10.9. The van der Waals surface area contributed by atoms with Crippen LogP contribution in [0.2, 0.25) is 0 Å². The minimum atomic E-state index is -0.342. The molecule has 1 aromatic carbocycles. The summed E-state index contributed by atoms with van der Waals surface area (Å²) in [5.41, 5.74) is 2.41. The zero-order valence-corrected chi connectivity index (χ0v) is 17.2. The molecule has 3 rings (SSSR count). The van der Waals surface area contributed by atoms with Gasteiger partial charge in [0.1, 0.15) is 10.6 Å². The molecule has 5 nitrogen and oxygen atoms in total. The fourth-order valence-corrected chi connectivity index (χ4v) is 4.46. The lowest BCUT2D eigenvalue weighted by Gasteiger charge is -2.14. The molecule has 0 bridgehead atoms. The Labute approximate surface area is 169 Å². The number of aryl methyl sites for hydroxylation is 1. The van der Waals surface area contributed by atoms with Crippen LogP contribution in [0.4, 0.5) is 5.00 Å². The fraction of sp³-hybridized carbons (Fsp3) is 0.400. The normalized spacial score (nSPS) is 16.1. The van der Waals surface area contributed by atoms with Gasteiger partial charge in [0.25, 0.3) is 0 Å².